The van der Waals surface area contributed by atoms with Crippen LogP contribution in [0.5, 0.6) is 0 Å². The molecule has 0 saturated carbocycles. The number of hydrogen-bond donors (Lipinski definition) is 1. The second kappa shape index (κ2) is 5.96. The van der Waals surface area contributed by atoms with E-state index < -0.39 is 5.97 Å². The molecule has 0 spiro atoms. The van der Waals surface area contributed by atoms with E-state index in [4.69, 9.17) is 5.11 Å². The Labute approximate surface area is 99.9 Å². The molecule has 0 aliphatic rings. The molecule has 0 saturated heterocycles. The van der Waals surface area contributed by atoms with E-state index in [-0.39, 0.29) is 12.5 Å². The van der Waals surface area contributed by atoms with Crippen molar-refractivity contribution in [2.45, 2.75) is 39.3 Å². The Morgan fingerprint density at radius 2 is 2.38 bits per heavy atom. The third kappa shape index (κ3) is 3.90. The van der Waals surface area contributed by atoms with Crippen molar-refractivity contribution in [1.29, 1.82) is 0 Å². The molecule has 0 radical (unpaired) electrons. The zero-order valence-corrected chi connectivity index (χ0v) is 10.8. The first kappa shape index (κ1) is 13.1. The molecule has 90 valence electrons. The molecule has 1 aromatic heterocycles. The molecule has 0 aromatic carbocycles. The molecule has 1 rings (SSSR count). The van der Waals surface area contributed by atoms with Crippen LogP contribution in [0, 0.1) is 6.92 Å². The van der Waals surface area contributed by atoms with Gasteiger partial charge in [0.2, 0.25) is 0 Å². The minimum Gasteiger partial charge on any atom is -0.481 e. The van der Waals surface area contributed by atoms with Crippen molar-refractivity contribution in [3.63, 3.8) is 0 Å². The third-order valence-corrected chi connectivity index (χ3v) is 3.69. The van der Waals surface area contributed by atoms with E-state index >= 15 is 0 Å². The monoisotopic (exact) mass is 242 g/mol. The van der Waals surface area contributed by atoms with Gasteiger partial charge in [0, 0.05) is 23.9 Å². The summed E-state index contributed by atoms with van der Waals surface area (Å²) >= 11 is 1.65. The summed E-state index contributed by atoms with van der Waals surface area (Å²) < 4.78 is 0. The number of aromatic nitrogens is 1. The highest BCUT2D eigenvalue weighted by molar-refractivity contribution is 7.09. The number of rotatable bonds is 6. The minimum atomic E-state index is -0.728. The Balaban J connectivity index is 2.42. The maximum Gasteiger partial charge on any atom is 0.303 e. The molecule has 0 bridgehead atoms. The first-order valence-corrected chi connectivity index (χ1v) is 6.19. The second-order valence-electron chi connectivity index (χ2n) is 4.06. The molecule has 0 aliphatic carbocycles. The molecule has 5 heteroatoms. The average Bonchev–Trinajstić information content (AvgIpc) is 2.60. The topological polar surface area (TPSA) is 53.4 Å². The molecule has 1 heterocycles. The van der Waals surface area contributed by atoms with E-state index in [1.54, 1.807) is 11.3 Å². The Hall–Kier alpha value is -0.940. The van der Waals surface area contributed by atoms with Crippen LogP contribution in [-0.2, 0) is 11.3 Å². The van der Waals surface area contributed by atoms with Gasteiger partial charge in [0.1, 0.15) is 0 Å². The molecular weight excluding hydrogens is 224 g/mol. The van der Waals surface area contributed by atoms with E-state index in [0.717, 1.165) is 12.2 Å². The standard InChI is InChI=1S/C11H18N2O2S/c1-8(4-5-11(14)15)13(3)6-10-9(2)12-7-16-10/h7-8H,4-6H2,1-3H3,(H,14,15). The molecule has 1 aromatic rings. The van der Waals surface area contributed by atoms with Gasteiger partial charge in [-0.3, -0.25) is 9.69 Å². The van der Waals surface area contributed by atoms with Crippen molar-refractivity contribution in [2.75, 3.05) is 7.05 Å². The number of aliphatic carboxylic acids is 1. The lowest BCUT2D eigenvalue weighted by Crippen LogP contribution is -2.29. The lowest BCUT2D eigenvalue weighted by Gasteiger charge is -2.23. The number of aryl methyl sites for hydroxylation is 1. The van der Waals surface area contributed by atoms with Gasteiger partial charge in [-0.2, -0.15) is 0 Å². The van der Waals surface area contributed by atoms with E-state index in [1.165, 1.54) is 4.88 Å². The first-order valence-electron chi connectivity index (χ1n) is 5.31. The normalized spacial score (nSPS) is 13.0. The minimum absolute atomic E-state index is 0.229. The molecule has 1 N–H and O–H groups in total. The van der Waals surface area contributed by atoms with Gasteiger partial charge in [0.15, 0.2) is 0 Å². The largest absolute Gasteiger partial charge is 0.481 e. The fourth-order valence-corrected chi connectivity index (χ4v) is 2.25. The number of nitrogens with zero attached hydrogens (tertiary/aromatic N) is 2. The Kier molecular flexibility index (Phi) is 4.89. The summed E-state index contributed by atoms with van der Waals surface area (Å²) in [5, 5.41) is 8.62. The third-order valence-electron chi connectivity index (χ3n) is 2.77. The van der Waals surface area contributed by atoms with Crippen LogP contribution in [0.25, 0.3) is 0 Å². The summed E-state index contributed by atoms with van der Waals surface area (Å²) in [5.41, 5.74) is 2.92. The van der Waals surface area contributed by atoms with Crippen LogP contribution >= 0.6 is 11.3 Å². The fraction of sp³-hybridized carbons (Fsp3) is 0.636. The lowest BCUT2D eigenvalue weighted by molar-refractivity contribution is -0.137. The van der Waals surface area contributed by atoms with Gasteiger partial charge in [-0.1, -0.05) is 0 Å². The molecule has 4 nitrogen and oxygen atoms in total. The highest BCUT2D eigenvalue weighted by Crippen LogP contribution is 2.16. The van der Waals surface area contributed by atoms with Crippen LogP contribution in [-0.4, -0.2) is 34.0 Å². The van der Waals surface area contributed by atoms with Gasteiger partial charge in [-0.05, 0) is 27.3 Å². The van der Waals surface area contributed by atoms with Crippen LogP contribution in [0.1, 0.15) is 30.3 Å². The first-order chi connectivity index (χ1) is 7.50. The molecule has 1 atom stereocenters. The van der Waals surface area contributed by atoms with Crippen molar-refractivity contribution in [3.05, 3.63) is 16.1 Å². The van der Waals surface area contributed by atoms with E-state index in [9.17, 15) is 4.79 Å². The van der Waals surface area contributed by atoms with Crippen LogP contribution in [0.15, 0.2) is 5.51 Å². The SMILES string of the molecule is Cc1ncsc1CN(C)C(C)CCC(=O)O. The van der Waals surface area contributed by atoms with Crippen molar-refractivity contribution in [1.82, 2.24) is 9.88 Å². The molecule has 0 amide bonds. The maximum atomic E-state index is 10.5. The smallest absolute Gasteiger partial charge is 0.303 e. The van der Waals surface area contributed by atoms with Gasteiger partial charge in [0.05, 0.1) is 11.2 Å². The molecule has 0 aliphatic heterocycles. The summed E-state index contributed by atoms with van der Waals surface area (Å²) in [7, 11) is 2.02. The van der Waals surface area contributed by atoms with Gasteiger partial charge in [-0.15, -0.1) is 11.3 Å². The van der Waals surface area contributed by atoms with Crippen LogP contribution in [0.2, 0.25) is 0 Å². The predicted octanol–water partition coefficient (Wildman–Crippen LogP) is 2.14. The van der Waals surface area contributed by atoms with Gasteiger partial charge >= 0.3 is 5.97 Å². The highest BCUT2D eigenvalue weighted by atomic mass is 32.1. The summed E-state index contributed by atoms with van der Waals surface area (Å²) in [6, 6.07) is 0.276. The number of carboxylic acid groups (broad SMARTS) is 1. The number of carboxylic acids is 1. The quantitative estimate of drug-likeness (QED) is 0.830. The Morgan fingerprint density at radius 3 is 2.88 bits per heavy atom. The molecule has 0 fully saturated rings. The van der Waals surface area contributed by atoms with Crippen LogP contribution in [0.4, 0.5) is 0 Å². The zero-order chi connectivity index (χ0) is 12.1. The number of hydrogen-bond acceptors (Lipinski definition) is 4. The van der Waals surface area contributed by atoms with Crippen LogP contribution in [0.3, 0.4) is 0 Å². The lowest BCUT2D eigenvalue weighted by atomic mass is 10.1. The van der Waals surface area contributed by atoms with Gasteiger partial charge in [0.25, 0.3) is 0 Å². The van der Waals surface area contributed by atoms with Crippen molar-refractivity contribution < 1.29 is 9.90 Å². The van der Waals surface area contributed by atoms with E-state index in [2.05, 4.69) is 16.8 Å². The Bertz CT molecular complexity index is 352. The highest BCUT2D eigenvalue weighted by Gasteiger charge is 2.13. The fourth-order valence-electron chi connectivity index (χ4n) is 1.41. The number of carbonyl (C=O) groups is 1. The Morgan fingerprint density at radius 1 is 1.69 bits per heavy atom. The van der Waals surface area contributed by atoms with Gasteiger partial charge in [-0.25, -0.2) is 4.98 Å². The molecule has 1 unspecified atom stereocenters. The van der Waals surface area contributed by atoms with Crippen molar-refractivity contribution in [2.24, 2.45) is 0 Å². The number of thiazole rings is 1. The molecular formula is C11H18N2O2S. The summed E-state index contributed by atoms with van der Waals surface area (Å²) in [6.07, 6.45) is 0.914. The average molecular weight is 242 g/mol. The molecule has 16 heavy (non-hydrogen) atoms. The van der Waals surface area contributed by atoms with E-state index in [0.29, 0.717) is 6.42 Å². The van der Waals surface area contributed by atoms with E-state index in [1.807, 2.05) is 19.5 Å². The van der Waals surface area contributed by atoms with Crippen molar-refractivity contribution >= 4 is 17.3 Å². The van der Waals surface area contributed by atoms with Crippen molar-refractivity contribution in [3.8, 4) is 0 Å². The van der Waals surface area contributed by atoms with Gasteiger partial charge < -0.3 is 5.11 Å². The predicted molar refractivity (Wildman–Crippen MR) is 64.6 cm³/mol. The second-order valence-corrected chi connectivity index (χ2v) is 5.00. The summed E-state index contributed by atoms with van der Waals surface area (Å²) in [5.74, 6) is -0.728. The summed E-state index contributed by atoms with van der Waals surface area (Å²) in [6.45, 7) is 4.90. The summed E-state index contributed by atoms with van der Waals surface area (Å²) in [4.78, 5) is 18.1. The zero-order valence-electron chi connectivity index (χ0n) is 9.93. The maximum absolute atomic E-state index is 10.5. The van der Waals surface area contributed by atoms with Crippen LogP contribution < -0.4 is 0 Å².